The topological polar surface area (TPSA) is 57.4 Å². The first-order chi connectivity index (χ1) is 13.9. The molecule has 0 saturated heterocycles. The maximum Gasteiger partial charge on any atom is 0.0728 e. The van der Waals surface area contributed by atoms with Crippen LogP contribution in [0.5, 0.6) is 0 Å². The van der Waals surface area contributed by atoms with E-state index < -0.39 is 0 Å². The second kappa shape index (κ2) is 7.00. The monoisotopic (exact) mass is 362 g/mol. The van der Waals surface area contributed by atoms with Crippen LogP contribution < -0.4 is 0 Å². The van der Waals surface area contributed by atoms with Crippen LogP contribution in [0.25, 0.3) is 44.8 Å². The summed E-state index contributed by atoms with van der Waals surface area (Å²) in [4.78, 5) is 0. The minimum Gasteiger partial charge on any atom is -0.277 e. The predicted molar refractivity (Wildman–Crippen MR) is 112 cm³/mol. The quantitative estimate of drug-likeness (QED) is 0.424. The zero-order valence-electron chi connectivity index (χ0n) is 15.1. The second-order valence-electron chi connectivity index (χ2n) is 6.63. The summed E-state index contributed by atoms with van der Waals surface area (Å²) in [6.45, 7) is 0. The summed E-state index contributed by atoms with van der Waals surface area (Å²) in [6.07, 6.45) is 3.76. The van der Waals surface area contributed by atoms with Crippen LogP contribution in [0.1, 0.15) is 0 Å². The van der Waals surface area contributed by atoms with Gasteiger partial charge in [0.2, 0.25) is 0 Å². The van der Waals surface area contributed by atoms with Crippen LogP contribution >= 0.6 is 0 Å². The van der Waals surface area contributed by atoms with Gasteiger partial charge < -0.3 is 0 Å². The van der Waals surface area contributed by atoms with Crippen LogP contribution in [0.4, 0.5) is 0 Å². The van der Waals surface area contributed by atoms with Gasteiger partial charge in [-0.25, -0.2) is 0 Å². The summed E-state index contributed by atoms with van der Waals surface area (Å²) in [7, 11) is 0. The minimum absolute atomic E-state index is 1.02. The highest BCUT2D eigenvalue weighted by atomic mass is 15.1. The molecule has 0 unspecified atom stereocenters. The van der Waals surface area contributed by atoms with Gasteiger partial charge in [0.05, 0.1) is 23.8 Å². The van der Waals surface area contributed by atoms with E-state index in [1.807, 2.05) is 48.8 Å². The maximum atomic E-state index is 4.26. The Morgan fingerprint density at radius 1 is 0.429 bits per heavy atom. The van der Waals surface area contributed by atoms with E-state index >= 15 is 0 Å². The second-order valence-corrected chi connectivity index (χ2v) is 6.63. The fourth-order valence-corrected chi connectivity index (χ4v) is 3.49. The summed E-state index contributed by atoms with van der Waals surface area (Å²) in [5.41, 5.74) is 8.73. The van der Waals surface area contributed by atoms with Gasteiger partial charge in [0, 0.05) is 22.3 Å². The average Bonchev–Trinajstić information content (AvgIpc) is 3.45. The number of H-pyrrole nitrogens is 2. The first kappa shape index (κ1) is 16.3. The number of benzene rings is 3. The molecule has 5 rings (SSSR count). The molecular weight excluding hydrogens is 344 g/mol. The standard InChI is InChI=1S/C24H18N4/c1-3-7-17(8-4-1)21-15-25-28-24(21)20-13-11-18(12-14-20)22-16-26-27-23(22)19-9-5-2-6-10-19/h1-16H,(H,25,28)(H,26,27). The number of rotatable bonds is 4. The summed E-state index contributed by atoms with van der Waals surface area (Å²) in [6, 6.07) is 29.1. The molecule has 2 N–H and O–H groups in total. The third kappa shape index (κ3) is 2.91. The third-order valence-electron chi connectivity index (χ3n) is 4.91. The van der Waals surface area contributed by atoms with E-state index in [0.717, 1.165) is 44.8 Å². The van der Waals surface area contributed by atoms with Crippen molar-refractivity contribution in [3.05, 3.63) is 97.3 Å². The highest BCUT2D eigenvalue weighted by molar-refractivity contribution is 5.84. The van der Waals surface area contributed by atoms with Crippen LogP contribution in [0.2, 0.25) is 0 Å². The number of aromatic amines is 2. The molecular formula is C24H18N4. The van der Waals surface area contributed by atoms with Crippen LogP contribution in [0.3, 0.4) is 0 Å². The number of aromatic nitrogens is 4. The van der Waals surface area contributed by atoms with E-state index in [0.29, 0.717) is 0 Å². The molecule has 0 aliphatic rings. The highest BCUT2D eigenvalue weighted by Gasteiger charge is 2.12. The fraction of sp³-hybridized carbons (Fsp3) is 0. The van der Waals surface area contributed by atoms with Gasteiger partial charge in [-0.05, 0) is 11.1 Å². The van der Waals surface area contributed by atoms with Crippen molar-refractivity contribution in [2.75, 3.05) is 0 Å². The molecule has 0 fully saturated rings. The van der Waals surface area contributed by atoms with E-state index in [1.165, 1.54) is 0 Å². The molecule has 5 aromatic rings. The molecule has 134 valence electrons. The smallest absolute Gasteiger partial charge is 0.0728 e. The Balaban J connectivity index is 1.51. The lowest BCUT2D eigenvalue weighted by Crippen LogP contribution is -1.85. The normalized spacial score (nSPS) is 10.9. The molecule has 2 heterocycles. The predicted octanol–water partition coefficient (Wildman–Crippen LogP) is 5.80. The van der Waals surface area contributed by atoms with Crippen molar-refractivity contribution >= 4 is 0 Å². The van der Waals surface area contributed by atoms with Crippen LogP contribution in [0.15, 0.2) is 97.3 Å². The Labute approximate surface area is 162 Å². The van der Waals surface area contributed by atoms with Crippen molar-refractivity contribution in [2.45, 2.75) is 0 Å². The molecule has 28 heavy (non-hydrogen) atoms. The largest absolute Gasteiger partial charge is 0.277 e. The van der Waals surface area contributed by atoms with Gasteiger partial charge in [0.25, 0.3) is 0 Å². The van der Waals surface area contributed by atoms with Gasteiger partial charge in [-0.15, -0.1) is 0 Å². The van der Waals surface area contributed by atoms with Gasteiger partial charge in [-0.2, -0.15) is 10.2 Å². The highest BCUT2D eigenvalue weighted by Crippen LogP contribution is 2.33. The lowest BCUT2D eigenvalue weighted by molar-refractivity contribution is 1.10. The van der Waals surface area contributed by atoms with Gasteiger partial charge in [-0.3, -0.25) is 10.2 Å². The lowest BCUT2D eigenvalue weighted by atomic mass is 9.98. The maximum absolute atomic E-state index is 4.26. The number of nitrogens with one attached hydrogen (secondary N) is 2. The van der Waals surface area contributed by atoms with Gasteiger partial charge >= 0.3 is 0 Å². The van der Waals surface area contributed by atoms with Crippen molar-refractivity contribution < 1.29 is 0 Å². The first-order valence-electron chi connectivity index (χ1n) is 9.18. The zero-order valence-corrected chi connectivity index (χ0v) is 15.1. The molecule has 0 bridgehead atoms. The average molecular weight is 362 g/mol. The van der Waals surface area contributed by atoms with Crippen molar-refractivity contribution in [3.8, 4) is 44.8 Å². The zero-order chi connectivity index (χ0) is 18.8. The van der Waals surface area contributed by atoms with E-state index in [9.17, 15) is 0 Å². The molecule has 0 radical (unpaired) electrons. The summed E-state index contributed by atoms with van der Waals surface area (Å²) >= 11 is 0. The number of hydrogen-bond donors (Lipinski definition) is 2. The molecule has 4 heteroatoms. The third-order valence-corrected chi connectivity index (χ3v) is 4.91. The van der Waals surface area contributed by atoms with Gasteiger partial charge in [-0.1, -0.05) is 84.9 Å². The van der Waals surface area contributed by atoms with Crippen molar-refractivity contribution in [1.29, 1.82) is 0 Å². The van der Waals surface area contributed by atoms with Gasteiger partial charge in [0.15, 0.2) is 0 Å². The molecule has 0 saturated carbocycles. The first-order valence-corrected chi connectivity index (χ1v) is 9.18. The van der Waals surface area contributed by atoms with Crippen molar-refractivity contribution in [3.63, 3.8) is 0 Å². The minimum atomic E-state index is 1.02. The lowest BCUT2D eigenvalue weighted by Gasteiger charge is -2.07. The van der Waals surface area contributed by atoms with Gasteiger partial charge in [0.1, 0.15) is 0 Å². The molecule has 2 aromatic heterocycles. The molecule has 0 amide bonds. The Hall–Kier alpha value is -3.92. The number of nitrogens with zero attached hydrogens (tertiary/aromatic N) is 2. The molecule has 0 aliphatic heterocycles. The number of hydrogen-bond acceptors (Lipinski definition) is 2. The summed E-state index contributed by atoms with van der Waals surface area (Å²) in [5.74, 6) is 0. The molecule has 0 atom stereocenters. The fourth-order valence-electron chi connectivity index (χ4n) is 3.49. The molecule has 3 aromatic carbocycles. The Morgan fingerprint density at radius 3 is 1.36 bits per heavy atom. The Bertz CT molecular complexity index is 1090. The summed E-state index contributed by atoms with van der Waals surface area (Å²) < 4.78 is 0. The van der Waals surface area contributed by atoms with Crippen LogP contribution in [-0.2, 0) is 0 Å². The van der Waals surface area contributed by atoms with E-state index in [2.05, 4.69) is 68.9 Å². The Morgan fingerprint density at radius 2 is 0.821 bits per heavy atom. The van der Waals surface area contributed by atoms with Crippen LogP contribution in [0, 0.1) is 0 Å². The van der Waals surface area contributed by atoms with E-state index in [4.69, 9.17) is 0 Å². The van der Waals surface area contributed by atoms with Crippen LogP contribution in [-0.4, -0.2) is 20.4 Å². The molecule has 4 nitrogen and oxygen atoms in total. The molecule has 0 spiro atoms. The Kier molecular flexibility index (Phi) is 4.07. The molecule has 0 aliphatic carbocycles. The van der Waals surface area contributed by atoms with Crippen molar-refractivity contribution in [2.24, 2.45) is 0 Å². The van der Waals surface area contributed by atoms with E-state index in [-0.39, 0.29) is 0 Å². The SMILES string of the molecule is c1ccc(-c2cn[nH]c2-c2ccc(-c3cn[nH]c3-c3ccccc3)cc2)cc1. The van der Waals surface area contributed by atoms with Crippen molar-refractivity contribution in [1.82, 2.24) is 20.4 Å². The summed E-state index contributed by atoms with van der Waals surface area (Å²) in [5, 5.41) is 14.8. The van der Waals surface area contributed by atoms with E-state index in [1.54, 1.807) is 0 Å².